The lowest BCUT2D eigenvalue weighted by molar-refractivity contribution is 0.0974. The van der Waals surface area contributed by atoms with Gasteiger partial charge in [-0.2, -0.15) is 0 Å². The first-order chi connectivity index (χ1) is 13.3. The molecule has 0 saturated heterocycles. The number of rotatable bonds is 5. The van der Waals surface area contributed by atoms with Crippen molar-refractivity contribution in [2.75, 3.05) is 5.32 Å². The van der Waals surface area contributed by atoms with E-state index in [4.69, 9.17) is 28.9 Å². The zero-order chi connectivity index (χ0) is 20.4. The van der Waals surface area contributed by atoms with Crippen LogP contribution in [0.2, 0.25) is 10.0 Å². The van der Waals surface area contributed by atoms with E-state index in [-0.39, 0.29) is 11.3 Å². The van der Waals surface area contributed by atoms with Crippen LogP contribution < -0.4 is 11.1 Å². The van der Waals surface area contributed by atoms with Crippen LogP contribution in [0.3, 0.4) is 0 Å². The second-order valence-electron chi connectivity index (χ2n) is 6.31. The van der Waals surface area contributed by atoms with Crippen molar-refractivity contribution in [1.82, 2.24) is 4.98 Å². The van der Waals surface area contributed by atoms with E-state index in [0.717, 1.165) is 11.1 Å². The van der Waals surface area contributed by atoms with E-state index in [1.807, 2.05) is 26.0 Å². The van der Waals surface area contributed by atoms with E-state index >= 15 is 0 Å². The molecule has 3 rings (SSSR count). The number of aryl methyl sites for hydroxylation is 1. The number of nitrogens with zero attached hydrogens (tertiary/aromatic N) is 1. The van der Waals surface area contributed by atoms with Crippen molar-refractivity contribution in [3.63, 3.8) is 0 Å². The highest BCUT2D eigenvalue weighted by Crippen LogP contribution is 2.30. The van der Waals surface area contributed by atoms with Crippen LogP contribution in [0, 0.1) is 0 Å². The normalized spacial score (nSPS) is 10.9. The van der Waals surface area contributed by atoms with E-state index in [2.05, 4.69) is 10.3 Å². The van der Waals surface area contributed by atoms with Gasteiger partial charge in [0.2, 0.25) is 0 Å². The monoisotopic (exact) mass is 415 g/mol. The molecule has 144 valence electrons. The number of anilines is 1. The number of amides is 2. The van der Waals surface area contributed by atoms with Gasteiger partial charge >= 0.3 is 0 Å². The molecular weight excluding hydrogens is 397 g/mol. The molecule has 0 aliphatic heterocycles. The number of carbonyl (C=O) groups is 2. The first kappa shape index (κ1) is 20.1. The first-order valence-corrected chi connectivity index (χ1v) is 9.63. The molecule has 3 N–H and O–H groups in total. The maximum Gasteiger partial charge on any atom is 0.275 e. The molecule has 0 spiro atoms. The van der Waals surface area contributed by atoms with Crippen LogP contribution in [0.4, 0.5) is 5.69 Å². The third kappa shape index (κ3) is 3.81. The van der Waals surface area contributed by atoms with E-state index in [1.54, 1.807) is 24.3 Å². The minimum Gasteiger partial charge on any atom is -0.366 e. The minimum absolute atomic E-state index is 0.0467. The lowest BCUT2D eigenvalue weighted by Gasteiger charge is -2.16. The molecule has 0 unspecified atom stereocenters. The molecule has 28 heavy (non-hydrogen) atoms. The van der Waals surface area contributed by atoms with Gasteiger partial charge in [-0.05, 0) is 48.2 Å². The van der Waals surface area contributed by atoms with Crippen LogP contribution in [0.25, 0.3) is 10.9 Å². The van der Waals surface area contributed by atoms with Gasteiger partial charge < -0.3 is 11.1 Å². The summed E-state index contributed by atoms with van der Waals surface area (Å²) in [4.78, 5) is 29.4. The van der Waals surface area contributed by atoms with Crippen LogP contribution in [-0.4, -0.2) is 16.8 Å². The quantitative estimate of drug-likeness (QED) is 0.613. The SMILES string of the molecule is CCc1ccc(Cl)c(CC)c1NC(=O)c1nc2cc(Cl)ccc2cc1C(N)=O. The van der Waals surface area contributed by atoms with Gasteiger partial charge in [-0.15, -0.1) is 0 Å². The number of pyridine rings is 1. The molecule has 2 amide bonds. The van der Waals surface area contributed by atoms with Crippen LogP contribution >= 0.6 is 23.2 Å². The smallest absolute Gasteiger partial charge is 0.275 e. The molecule has 1 heterocycles. The van der Waals surface area contributed by atoms with Crippen LogP contribution in [0.1, 0.15) is 45.8 Å². The molecule has 5 nitrogen and oxygen atoms in total. The fraction of sp³-hybridized carbons (Fsp3) is 0.190. The summed E-state index contributed by atoms with van der Waals surface area (Å²) < 4.78 is 0. The predicted octanol–water partition coefficient (Wildman–Crippen LogP) is 5.02. The number of fused-ring (bicyclic) bond motifs is 1. The van der Waals surface area contributed by atoms with Crippen LogP contribution in [0.5, 0.6) is 0 Å². The number of hydrogen-bond acceptors (Lipinski definition) is 3. The third-order valence-corrected chi connectivity index (χ3v) is 5.16. The van der Waals surface area contributed by atoms with Crippen molar-refractivity contribution in [1.29, 1.82) is 0 Å². The highest BCUT2D eigenvalue weighted by molar-refractivity contribution is 6.32. The molecule has 3 aromatic rings. The topological polar surface area (TPSA) is 85.1 Å². The fourth-order valence-electron chi connectivity index (χ4n) is 3.14. The standard InChI is InChI=1S/C21H19Cl2N3O2/c1-3-11-6-8-16(23)14(4-2)18(11)26-21(28)19-15(20(24)27)9-12-5-7-13(22)10-17(12)25-19/h5-10H,3-4H2,1-2H3,(H2,24,27)(H,26,28). The van der Waals surface area contributed by atoms with Gasteiger partial charge in [0.1, 0.15) is 5.69 Å². The average molecular weight is 416 g/mol. The van der Waals surface area contributed by atoms with Crippen molar-refractivity contribution < 1.29 is 9.59 Å². The zero-order valence-electron chi connectivity index (χ0n) is 15.5. The summed E-state index contributed by atoms with van der Waals surface area (Å²) in [6.45, 7) is 3.95. The second-order valence-corrected chi connectivity index (χ2v) is 7.15. The van der Waals surface area contributed by atoms with E-state index in [0.29, 0.717) is 39.5 Å². The van der Waals surface area contributed by atoms with Crippen molar-refractivity contribution in [3.05, 3.63) is 68.8 Å². The predicted molar refractivity (Wildman–Crippen MR) is 113 cm³/mol. The maximum atomic E-state index is 13.1. The number of halogens is 2. The number of nitrogens with two attached hydrogens (primary N) is 1. The lowest BCUT2D eigenvalue weighted by Crippen LogP contribution is -2.23. The van der Waals surface area contributed by atoms with Crippen LogP contribution in [0.15, 0.2) is 36.4 Å². The van der Waals surface area contributed by atoms with Gasteiger partial charge in [-0.1, -0.05) is 49.2 Å². The second kappa shape index (κ2) is 8.17. The summed E-state index contributed by atoms with van der Waals surface area (Å²) in [7, 11) is 0. The summed E-state index contributed by atoms with van der Waals surface area (Å²) in [6, 6.07) is 10.3. The first-order valence-electron chi connectivity index (χ1n) is 8.87. The Morgan fingerprint density at radius 2 is 1.82 bits per heavy atom. The number of primary amides is 1. The van der Waals surface area contributed by atoms with Crippen molar-refractivity contribution in [3.8, 4) is 0 Å². The molecule has 7 heteroatoms. The summed E-state index contributed by atoms with van der Waals surface area (Å²) in [6.07, 6.45) is 1.36. The zero-order valence-corrected chi connectivity index (χ0v) is 17.0. The highest BCUT2D eigenvalue weighted by atomic mass is 35.5. The lowest BCUT2D eigenvalue weighted by atomic mass is 10.0. The molecule has 0 fully saturated rings. The number of hydrogen-bond donors (Lipinski definition) is 2. The highest BCUT2D eigenvalue weighted by Gasteiger charge is 2.21. The minimum atomic E-state index is -0.730. The molecule has 0 bridgehead atoms. The Morgan fingerprint density at radius 1 is 1.07 bits per heavy atom. The van der Waals surface area contributed by atoms with E-state index < -0.39 is 11.8 Å². The van der Waals surface area contributed by atoms with Gasteiger partial charge in [-0.25, -0.2) is 4.98 Å². The molecule has 2 aromatic carbocycles. The number of carbonyl (C=O) groups excluding carboxylic acids is 2. The van der Waals surface area contributed by atoms with Crippen molar-refractivity contribution in [2.45, 2.75) is 26.7 Å². The Morgan fingerprint density at radius 3 is 2.46 bits per heavy atom. The van der Waals surface area contributed by atoms with Gasteiger partial charge in [0, 0.05) is 21.1 Å². The van der Waals surface area contributed by atoms with E-state index in [1.165, 1.54) is 0 Å². The number of nitrogens with one attached hydrogen (secondary N) is 1. The Labute approximate surface area is 172 Å². The average Bonchev–Trinajstić information content (AvgIpc) is 2.67. The summed E-state index contributed by atoms with van der Waals surface area (Å²) >= 11 is 12.3. The molecule has 0 atom stereocenters. The summed E-state index contributed by atoms with van der Waals surface area (Å²) in [5, 5.41) is 4.61. The Hall–Kier alpha value is -2.63. The molecular formula is C21H19Cl2N3O2. The molecule has 1 aromatic heterocycles. The Balaban J connectivity index is 2.13. The number of aromatic nitrogens is 1. The third-order valence-electron chi connectivity index (χ3n) is 4.58. The Kier molecular flexibility index (Phi) is 5.87. The maximum absolute atomic E-state index is 13.1. The Bertz CT molecular complexity index is 1100. The molecule has 0 radical (unpaired) electrons. The van der Waals surface area contributed by atoms with Gasteiger partial charge in [0.15, 0.2) is 0 Å². The fourth-order valence-corrected chi connectivity index (χ4v) is 3.60. The van der Waals surface area contributed by atoms with Crippen molar-refractivity contribution in [2.24, 2.45) is 5.73 Å². The van der Waals surface area contributed by atoms with Crippen LogP contribution in [-0.2, 0) is 12.8 Å². The van der Waals surface area contributed by atoms with Gasteiger partial charge in [0.05, 0.1) is 11.1 Å². The van der Waals surface area contributed by atoms with Gasteiger partial charge in [-0.3, -0.25) is 9.59 Å². The van der Waals surface area contributed by atoms with Crippen molar-refractivity contribution >= 4 is 51.6 Å². The molecule has 0 saturated carbocycles. The van der Waals surface area contributed by atoms with E-state index in [9.17, 15) is 9.59 Å². The molecule has 0 aliphatic rings. The summed E-state index contributed by atoms with van der Waals surface area (Å²) in [5.41, 5.74) is 8.41. The summed E-state index contributed by atoms with van der Waals surface area (Å²) in [5.74, 6) is -1.26. The molecule has 0 aliphatic carbocycles. The number of benzene rings is 2. The largest absolute Gasteiger partial charge is 0.366 e. The van der Waals surface area contributed by atoms with Gasteiger partial charge in [0.25, 0.3) is 11.8 Å².